The van der Waals surface area contributed by atoms with Crippen LogP contribution in [0.1, 0.15) is 119 Å². The van der Waals surface area contributed by atoms with Gasteiger partial charge in [-0.05, 0) is 197 Å². The fourth-order valence-electron chi connectivity index (χ4n) is 12.3. The van der Waals surface area contributed by atoms with Gasteiger partial charge in [-0.3, -0.25) is 9.69 Å². The van der Waals surface area contributed by atoms with Crippen molar-refractivity contribution in [3.8, 4) is 0 Å². The minimum absolute atomic E-state index is 0.00921. The van der Waals surface area contributed by atoms with Crippen molar-refractivity contribution in [3.05, 3.63) is 126 Å². The smallest absolute Gasteiger partial charge is 0.314 e. The molecule has 4 aromatic carbocycles. The first-order chi connectivity index (χ1) is 38.2. The molecule has 2 unspecified atom stereocenters. The lowest BCUT2D eigenvalue weighted by Gasteiger charge is -2.34. The highest BCUT2D eigenvalue weighted by Gasteiger charge is 2.33. The van der Waals surface area contributed by atoms with E-state index in [1.54, 1.807) is 12.1 Å². The van der Waals surface area contributed by atoms with Crippen LogP contribution >= 0.6 is 23.2 Å². The predicted octanol–water partition coefficient (Wildman–Crippen LogP) is 8.77. The van der Waals surface area contributed by atoms with E-state index in [1.165, 1.54) is 22.3 Å². The Morgan fingerprint density at radius 3 is 1.77 bits per heavy atom. The number of sulfone groups is 1. The standard InChI is InChI=1S/C61H85Cl2N7O8S2/c1-42-13-15-51(33-53(42)59-39-67(5)37-57-44(3)29-47(62)31-55(57)59)79(73,74)41-46-17-21-69(35-46)23-27-77-25-10-12-50(71)11-8-7-9-19-64-61(72)65-20-26-78-28-24-70-22-18-49(36-70)66-80(75,76)52-16-14-43(2)54(34-52)60-40-68(6)38-58-45(4)30-48(63)32-56(58)60/h13-16,29-34,46,49,59-60,66H,7-12,17-28,35-41H2,1-6H3,(H2,64,65,72)/t46-,49-,59?,60?/m0/s1. The number of hydrogen-bond acceptors (Lipinski definition) is 12. The molecule has 0 aromatic heterocycles. The third kappa shape index (κ3) is 16.9. The Morgan fingerprint density at radius 1 is 0.588 bits per heavy atom. The Balaban J connectivity index is 0.619. The molecule has 4 aromatic rings. The number of aryl methyl sites for hydroxylation is 4. The van der Waals surface area contributed by atoms with Crippen molar-refractivity contribution in [1.29, 1.82) is 0 Å². The molecule has 80 heavy (non-hydrogen) atoms. The van der Waals surface area contributed by atoms with E-state index in [1.807, 2.05) is 49.4 Å². The maximum atomic E-state index is 13.8. The molecule has 15 nitrogen and oxygen atoms in total. The van der Waals surface area contributed by atoms with Crippen molar-refractivity contribution in [3.63, 3.8) is 0 Å². The fourth-order valence-corrected chi connectivity index (χ4v) is 15.8. The maximum Gasteiger partial charge on any atom is 0.314 e. The van der Waals surface area contributed by atoms with Crippen molar-refractivity contribution in [2.24, 2.45) is 5.92 Å². The molecular formula is C61H85Cl2N7O8S2. The molecule has 0 saturated carbocycles. The molecule has 2 amide bonds. The van der Waals surface area contributed by atoms with Crippen LogP contribution in [0, 0.1) is 33.6 Å². The van der Waals surface area contributed by atoms with E-state index in [0.29, 0.717) is 93.2 Å². The summed E-state index contributed by atoms with van der Waals surface area (Å²) >= 11 is 13.0. The number of carbonyl (C=O) groups excluding carboxylic acids is 2. The SMILES string of the molecule is Cc1ccc(S(=O)(=O)C[C@H]2CCN(CCOCCCC(=O)CCCCCNC(=O)NCCOCCN3CC[C@H](NS(=O)(=O)c4ccc(C)c(C5CN(C)Cc6c(C)cc(Cl)cc65)c4)C3)C2)cc1C1CN(C)Cc2c(C)cc(Cl)cc21. The zero-order valence-corrected chi connectivity index (χ0v) is 51.0. The van der Waals surface area contributed by atoms with Crippen molar-refractivity contribution < 1.29 is 35.9 Å². The number of likely N-dealkylation sites (tertiary alicyclic amines) is 2. The Bertz CT molecular complexity index is 2840. The molecule has 0 spiro atoms. The average Bonchev–Trinajstić information content (AvgIpc) is 4.10. The first kappa shape index (κ1) is 62.1. The number of fused-ring (bicyclic) bond motifs is 2. The summed E-state index contributed by atoms with van der Waals surface area (Å²) in [5.41, 5.74) is 11.3. The highest BCUT2D eigenvalue weighted by Crippen LogP contribution is 2.40. The lowest BCUT2D eigenvalue weighted by Crippen LogP contribution is -2.38. The summed E-state index contributed by atoms with van der Waals surface area (Å²) in [6.07, 6.45) is 5.59. The van der Waals surface area contributed by atoms with Gasteiger partial charge in [0.05, 0.1) is 35.4 Å². The number of hydrogen-bond donors (Lipinski definition) is 3. The van der Waals surface area contributed by atoms with E-state index in [9.17, 15) is 26.4 Å². The number of nitrogens with one attached hydrogen (secondary N) is 3. The number of rotatable bonds is 27. The van der Waals surface area contributed by atoms with Crippen molar-refractivity contribution in [1.82, 2.24) is 35.0 Å². The third-order valence-electron chi connectivity index (χ3n) is 16.7. The number of benzene rings is 4. The van der Waals surface area contributed by atoms with E-state index in [-0.39, 0.29) is 46.3 Å². The number of likely N-dealkylation sites (N-methyl/N-ethyl adjacent to an activating group) is 2. The van der Waals surface area contributed by atoms with E-state index < -0.39 is 19.9 Å². The molecule has 4 aliphatic heterocycles. The maximum absolute atomic E-state index is 13.8. The van der Waals surface area contributed by atoms with Gasteiger partial charge in [0.15, 0.2) is 9.84 Å². The summed E-state index contributed by atoms with van der Waals surface area (Å²) in [5.74, 6) is 0.447. The summed E-state index contributed by atoms with van der Waals surface area (Å²) in [7, 11) is -3.05. The second kappa shape index (κ2) is 28.5. The van der Waals surface area contributed by atoms with Crippen molar-refractivity contribution in [2.45, 2.75) is 120 Å². The van der Waals surface area contributed by atoms with Crippen LogP contribution in [0.15, 0.2) is 70.5 Å². The fraction of sp³-hybridized carbons (Fsp3) is 0.574. The monoisotopic (exact) mass is 1180 g/mol. The summed E-state index contributed by atoms with van der Waals surface area (Å²) in [5, 5.41) is 7.10. The van der Waals surface area contributed by atoms with E-state index in [0.717, 1.165) is 111 Å². The minimum Gasteiger partial charge on any atom is -0.380 e. The van der Waals surface area contributed by atoms with Crippen LogP contribution in [-0.2, 0) is 47.2 Å². The normalized spacial score (nSPS) is 20.2. The number of ketones is 1. The molecular weight excluding hydrogens is 1090 g/mol. The van der Waals surface area contributed by atoms with Gasteiger partial charge < -0.3 is 34.8 Å². The molecule has 19 heteroatoms. The summed E-state index contributed by atoms with van der Waals surface area (Å²) in [6.45, 7) is 18.6. The van der Waals surface area contributed by atoms with Crippen LogP contribution in [0.4, 0.5) is 4.79 Å². The van der Waals surface area contributed by atoms with E-state index in [4.69, 9.17) is 32.7 Å². The zero-order valence-electron chi connectivity index (χ0n) is 47.9. The number of sulfonamides is 1. The predicted molar refractivity (Wildman–Crippen MR) is 319 cm³/mol. The van der Waals surface area contributed by atoms with Gasteiger partial charge in [0.25, 0.3) is 0 Å². The number of halogens is 2. The molecule has 4 heterocycles. The van der Waals surface area contributed by atoms with Gasteiger partial charge in [-0.15, -0.1) is 0 Å². The molecule has 2 fully saturated rings. The van der Waals surface area contributed by atoms with Gasteiger partial charge in [0, 0.05) is 113 Å². The number of Topliss-reactive ketones (excluding diaryl/α,β-unsaturated/α-hetero) is 1. The van der Waals surface area contributed by atoms with Gasteiger partial charge in [-0.2, -0.15) is 0 Å². The van der Waals surface area contributed by atoms with Crippen LogP contribution in [0.2, 0.25) is 10.0 Å². The molecule has 8 rings (SSSR count). The molecule has 4 atom stereocenters. The quantitative estimate of drug-likeness (QED) is 0.0486. The first-order valence-corrected chi connectivity index (χ1v) is 32.7. The van der Waals surface area contributed by atoms with Gasteiger partial charge in [-0.25, -0.2) is 26.4 Å². The van der Waals surface area contributed by atoms with Gasteiger partial charge in [0.1, 0.15) is 5.78 Å². The molecule has 0 radical (unpaired) electrons. The minimum atomic E-state index is -3.76. The molecule has 3 N–H and O–H groups in total. The number of unbranched alkanes of at least 4 members (excludes halogenated alkanes) is 2. The summed E-state index contributed by atoms with van der Waals surface area (Å²) in [6, 6.07) is 18.7. The van der Waals surface area contributed by atoms with Crippen LogP contribution in [0.3, 0.4) is 0 Å². The average molecular weight is 1180 g/mol. The topological polar surface area (TPSA) is 170 Å². The van der Waals surface area contributed by atoms with Crippen molar-refractivity contribution in [2.75, 3.05) is 112 Å². The number of urea groups is 1. The van der Waals surface area contributed by atoms with Gasteiger partial charge in [0.2, 0.25) is 10.0 Å². The van der Waals surface area contributed by atoms with E-state index >= 15 is 0 Å². The highest BCUT2D eigenvalue weighted by molar-refractivity contribution is 7.91. The second-order valence-electron chi connectivity index (χ2n) is 23.1. The Morgan fingerprint density at radius 2 is 1.14 bits per heavy atom. The summed E-state index contributed by atoms with van der Waals surface area (Å²) in [4.78, 5) is 34.6. The van der Waals surface area contributed by atoms with Crippen molar-refractivity contribution >= 4 is 54.9 Å². The first-order valence-electron chi connectivity index (χ1n) is 28.8. The Kier molecular flexibility index (Phi) is 22.1. The zero-order chi connectivity index (χ0) is 57.1. The summed E-state index contributed by atoms with van der Waals surface area (Å²) < 4.78 is 69.7. The molecule has 2 saturated heterocycles. The number of carbonyl (C=O) groups is 2. The molecule has 4 aliphatic rings. The van der Waals surface area contributed by atoms with Gasteiger partial charge in [-0.1, -0.05) is 41.8 Å². The Hall–Kier alpha value is -3.98. The molecule has 438 valence electrons. The number of amides is 2. The number of ether oxygens (including phenoxy) is 2. The molecule has 0 bridgehead atoms. The largest absolute Gasteiger partial charge is 0.380 e. The van der Waals surface area contributed by atoms with E-state index in [2.05, 4.69) is 75.9 Å². The highest BCUT2D eigenvalue weighted by atomic mass is 35.5. The Labute approximate surface area is 486 Å². The third-order valence-corrected chi connectivity index (χ3v) is 20.5. The van der Waals surface area contributed by atoms with Crippen LogP contribution in [-0.4, -0.2) is 166 Å². The van der Waals surface area contributed by atoms with Gasteiger partial charge >= 0.3 is 6.03 Å². The lowest BCUT2D eigenvalue weighted by atomic mass is 9.81. The lowest BCUT2D eigenvalue weighted by molar-refractivity contribution is -0.119. The van der Waals surface area contributed by atoms with Crippen LogP contribution < -0.4 is 15.4 Å². The number of nitrogens with zero attached hydrogens (tertiary/aromatic N) is 4. The molecule has 0 aliphatic carbocycles. The van der Waals surface area contributed by atoms with Crippen LogP contribution in [0.25, 0.3) is 0 Å². The second-order valence-corrected chi connectivity index (χ2v) is 27.7. The van der Waals surface area contributed by atoms with Crippen LogP contribution in [0.5, 0.6) is 0 Å².